The van der Waals surface area contributed by atoms with Crippen LogP contribution in [0.1, 0.15) is 42.6 Å². The maximum atomic E-state index is 12.8. The van der Waals surface area contributed by atoms with Crippen LogP contribution in [0.5, 0.6) is 0 Å². The minimum absolute atomic E-state index is 0.000833. The maximum absolute atomic E-state index is 12.8. The van der Waals surface area contributed by atoms with Crippen molar-refractivity contribution in [1.29, 1.82) is 0 Å². The summed E-state index contributed by atoms with van der Waals surface area (Å²) in [6.07, 6.45) is 4.16. The summed E-state index contributed by atoms with van der Waals surface area (Å²) in [5, 5.41) is 3.08. The predicted molar refractivity (Wildman–Crippen MR) is 93.7 cm³/mol. The number of carbonyl (C=O) groups is 1. The Bertz CT molecular complexity index is 684. The fourth-order valence-corrected chi connectivity index (χ4v) is 3.53. The molecule has 0 spiro atoms. The van der Waals surface area contributed by atoms with Crippen LogP contribution in [-0.2, 0) is 6.54 Å². The largest absolute Gasteiger partial charge is 0.348 e. The van der Waals surface area contributed by atoms with Gasteiger partial charge in [-0.3, -0.25) is 0 Å². The summed E-state index contributed by atoms with van der Waals surface area (Å²) in [7, 11) is 0. The Hall–Kier alpha value is -2.23. The third kappa shape index (κ3) is 3.26. The molecule has 2 aromatic rings. The number of aromatic nitrogens is 1. The first kappa shape index (κ1) is 15.7. The molecule has 2 heterocycles. The van der Waals surface area contributed by atoms with Crippen LogP contribution < -0.4 is 5.32 Å². The summed E-state index contributed by atoms with van der Waals surface area (Å²) in [6, 6.07) is 10.5. The van der Waals surface area contributed by atoms with E-state index in [-0.39, 0.29) is 12.1 Å². The van der Waals surface area contributed by atoms with Crippen molar-refractivity contribution in [3.63, 3.8) is 0 Å². The highest BCUT2D eigenvalue weighted by Crippen LogP contribution is 2.30. The molecule has 0 fully saturated rings. The second kappa shape index (κ2) is 6.49. The van der Waals surface area contributed by atoms with Crippen molar-refractivity contribution in [1.82, 2.24) is 9.47 Å². The van der Waals surface area contributed by atoms with Gasteiger partial charge in [-0.1, -0.05) is 19.4 Å². The lowest BCUT2D eigenvalue weighted by molar-refractivity contribution is 0.163. The van der Waals surface area contributed by atoms with Gasteiger partial charge in [-0.05, 0) is 55.7 Å². The average molecular weight is 311 g/mol. The van der Waals surface area contributed by atoms with Gasteiger partial charge in [0.05, 0.1) is 6.04 Å². The van der Waals surface area contributed by atoms with E-state index < -0.39 is 0 Å². The Kier molecular flexibility index (Phi) is 4.42. The van der Waals surface area contributed by atoms with Crippen molar-refractivity contribution in [3.8, 4) is 0 Å². The van der Waals surface area contributed by atoms with Crippen LogP contribution >= 0.6 is 0 Å². The molecule has 0 saturated heterocycles. The van der Waals surface area contributed by atoms with Gasteiger partial charge in [0, 0.05) is 30.7 Å². The molecule has 0 aliphatic carbocycles. The summed E-state index contributed by atoms with van der Waals surface area (Å²) in [4.78, 5) is 14.8. The van der Waals surface area contributed by atoms with Crippen molar-refractivity contribution in [2.45, 2.75) is 46.2 Å². The van der Waals surface area contributed by atoms with Gasteiger partial charge in [0.2, 0.25) is 0 Å². The first-order valence-electron chi connectivity index (χ1n) is 8.39. The highest BCUT2D eigenvalue weighted by atomic mass is 16.2. The Balaban J connectivity index is 1.81. The van der Waals surface area contributed by atoms with Gasteiger partial charge in [-0.2, -0.15) is 0 Å². The van der Waals surface area contributed by atoms with Crippen LogP contribution in [-0.4, -0.2) is 22.0 Å². The second-order valence-electron chi connectivity index (χ2n) is 6.43. The van der Waals surface area contributed by atoms with Crippen molar-refractivity contribution in [3.05, 3.63) is 53.3 Å². The molecule has 1 atom stereocenters. The first-order valence-corrected chi connectivity index (χ1v) is 8.39. The molecule has 3 rings (SSSR count). The fourth-order valence-electron chi connectivity index (χ4n) is 3.53. The van der Waals surface area contributed by atoms with Gasteiger partial charge in [0.25, 0.3) is 0 Å². The molecule has 1 aromatic heterocycles. The van der Waals surface area contributed by atoms with Crippen LogP contribution in [0.3, 0.4) is 0 Å². The fraction of sp³-hybridized carbons (Fsp3) is 0.421. The summed E-state index contributed by atoms with van der Waals surface area (Å²) >= 11 is 0. The van der Waals surface area contributed by atoms with E-state index in [9.17, 15) is 4.79 Å². The molecule has 1 aromatic carbocycles. The van der Waals surface area contributed by atoms with Crippen LogP contribution in [0, 0.1) is 13.8 Å². The van der Waals surface area contributed by atoms with Crippen LogP contribution in [0.2, 0.25) is 0 Å². The molecule has 0 bridgehead atoms. The molecule has 122 valence electrons. The monoisotopic (exact) mass is 311 g/mol. The molecule has 4 nitrogen and oxygen atoms in total. The minimum Gasteiger partial charge on any atom is -0.348 e. The molecule has 0 saturated carbocycles. The van der Waals surface area contributed by atoms with Crippen molar-refractivity contribution in [2.75, 3.05) is 11.9 Å². The lowest BCUT2D eigenvalue weighted by Crippen LogP contribution is -2.44. The number of fused-ring (bicyclic) bond motifs is 1. The molecule has 2 amide bonds. The van der Waals surface area contributed by atoms with E-state index in [1.54, 1.807) is 0 Å². The summed E-state index contributed by atoms with van der Waals surface area (Å²) in [5.41, 5.74) is 4.45. The van der Waals surface area contributed by atoms with E-state index in [1.165, 1.54) is 5.69 Å². The number of amides is 2. The molecule has 0 radical (unpaired) electrons. The highest BCUT2D eigenvalue weighted by molar-refractivity contribution is 5.90. The number of hydrogen-bond donors (Lipinski definition) is 1. The SMILES string of the molecule is CCC[C@H]1c2cccn2CCN1C(=O)Nc1cc(C)cc(C)c1. The Morgan fingerprint density at radius 2 is 1.96 bits per heavy atom. The third-order valence-corrected chi connectivity index (χ3v) is 4.46. The quantitative estimate of drug-likeness (QED) is 0.890. The number of rotatable bonds is 3. The van der Waals surface area contributed by atoms with E-state index in [0.717, 1.165) is 42.7 Å². The summed E-state index contributed by atoms with van der Waals surface area (Å²) in [6.45, 7) is 7.89. The molecule has 4 heteroatoms. The molecular weight excluding hydrogens is 286 g/mol. The van der Waals surface area contributed by atoms with Gasteiger partial charge >= 0.3 is 6.03 Å². The lowest BCUT2D eigenvalue weighted by atomic mass is 10.0. The number of aryl methyl sites for hydroxylation is 2. The molecule has 1 aliphatic heterocycles. The van der Waals surface area contributed by atoms with E-state index >= 15 is 0 Å². The third-order valence-electron chi connectivity index (χ3n) is 4.46. The number of anilines is 1. The zero-order valence-electron chi connectivity index (χ0n) is 14.2. The lowest BCUT2D eigenvalue weighted by Gasteiger charge is -2.37. The zero-order valence-corrected chi connectivity index (χ0v) is 14.2. The number of hydrogen-bond acceptors (Lipinski definition) is 1. The summed E-state index contributed by atoms with van der Waals surface area (Å²) in [5.74, 6) is 0. The molecule has 0 unspecified atom stereocenters. The number of carbonyl (C=O) groups excluding carboxylic acids is 1. The van der Waals surface area contributed by atoms with Gasteiger partial charge in [-0.25, -0.2) is 4.79 Å². The number of nitrogens with zero attached hydrogens (tertiary/aromatic N) is 2. The second-order valence-corrected chi connectivity index (χ2v) is 6.43. The number of benzene rings is 1. The van der Waals surface area contributed by atoms with Crippen LogP contribution in [0.25, 0.3) is 0 Å². The Morgan fingerprint density at radius 1 is 1.22 bits per heavy atom. The number of urea groups is 1. The van der Waals surface area contributed by atoms with Crippen molar-refractivity contribution in [2.24, 2.45) is 0 Å². The molecule has 23 heavy (non-hydrogen) atoms. The Labute approximate surface area is 138 Å². The average Bonchev–Trinajstić information content (AvgIpc) is 2.95. The molecular formula is C19H25N3O. The first-order chi connectivity index (χ1) is 11.1. The zero-order chi connectivity index (χ0) is 16.4. The van der Waals surface area contributed by atoms with Gasteiger partial charge < -0.3 is 14.8 Å². The predicted octanol–water partition coefficient (Wildman–Crippen LogP) is 4.49. The van der Waals surface area contributed by atoms with Crippen molar-refractivity contribution >= 4 is 11.7 Å². The van der Waals surface area contributed by atoms with Gasteiger partial charge in [-0.15, -0.1) is 0 Å². The Morgan fingerprint density at radius 3 is 2.65 bits per heavy atom. The summed E-state index contributed by atoms with van der Waals surface area (Å²) < 4.78 is 2.26. The topological polar surface area (TPSA) is 37.3 Å². The minimum atomic E-state index is 0.000833. The van der Waals surface area contributed by atoms with Gasteiger partial charge in [0.1, 0.15) is 0 Å². The van der Waals surface area contributed by atoms with Crippen LogP contribution in [0.4, 0.5) is 10.5 Å². The molecule has 1 aliphatic rings. The normalized spacial score (nSPS) is 17.0. The molecule has 1 N–H and O–H groups in total. The van der Waals surface area contributed by atoms with E-state index in [2.05, 4.69) is 55.1 Å². The van der Waals surface area contributed by atoms with E-state index in [1.807, 2.05) is 17.0 Å². The highest BCUT2D eigenvalue weighted by Gasteiger charge is 2.30. The van der Waals surface area contributed by atoms with E-state index in [0.29, 0.717) is 0 Å². The standard InChI is InChI=1S/C19H25N3O/c1-4-6-18-17-7-5-8-21(17)9-10-22(18)19(23)20-16-12-14(2)11-15(3)13-16/h5,7-8,11-13,18H,4,6,9-10H2,1-3H3,(H,20,23)/t18-/m0/s1. The smallest absolute Gasteiger partial charge is 0.322 e. The van der Waals surface area contributed by atoms with Crippen molar-refractivity contribution < 1.29 is 4.79 Å². The maximum Gasteiger partial charge on any atom is 0.322 e. The number of nitrogens with one attached hydrogen (secondary N) is 1. The van der Waals surface area contributed by atoms with E-state index in [4.69, 9.17) is 0 Å². The van der Waals surface area contributed by atoms with Gasteiger partial charge in [0.15, 0.2) is 0 Å². The van der Waals surface area contributed by atoms with Crippen LogP contribution in [0.15, 0.2) is 36.5 Å².